The molecular formula is C19H23N3O3S. The van der Waals surface area contributed by atoms with Crippen LogP contribution in [0.25, 0.3) is 0 Å². The highest BCUT2D eigenvalue weighted by atomic mass is 32.2. The van der Waals surface area contributed by atoms with Crippen LogP contribution in [-0.2, 0) is 4.74 Å². The highest BCUT2D eigenvalue weighted by Gasteiger charge is 2.21. The fourth-order valence-electron chi connectivity index (χ4n) is 2.46. The second-order valence-corrected chi connectivity index (χ2v) is 7.36. The molecule has 2 N–H and O–H groups in total. The number of esters is 1. The molecule has 7 heteroatoms. The van der Waals surface area contributed by atoms with Crippen molar-refractivity contribution in [3.8, 4) is 0 Å². The van der Waals surface area contributed by atoms with E-state index in [1.165, 1.54) is 18.0 Å². The molecular weight excluding hydrogens is 350 g/mol. The number of hydrogen-bond acceptors (Lipinski definition) is 7. The van der Waals surface area contributed by atoms with Gasteiger partial charge in [-0.1, -0.05) is 17.8 Å². The molecule has 0 radical (unpaired) electrons. The Morgan fingerprint density at radius 1 is 1.15 bits per heavy atom. The molecule has 0 fully saturated rings. The van der Waals surface area contributed by atoms with Gasteiger partial charge in [-0.25, -0.2) is 14.8 Å². The monoisotopic (exact) mass is 373 g/mol. The maximum absolute atomic E-state index is 12.8. The van der Waals surface area contributed by atoms with E-state index in [2.05, 4.69) is 9.97 Å². The van der Waals surface area contributed by atoms with Gasteiger partial charge in [-0.15, -0.1) is 0 Å². The number of aryl methyl sites for hydroxylation is 3. The van der Waals surface area contributed by atoms with Crippen LogP contribution in [0.5, 0.6) is 0 Å². The van der Waals surface area contributed by atoms with Gasteiger partial charge in [0.1, 0.15) is 11.4 Å². The van der Waals surface area contributed by atoms with E-state index in [1.807, 2.05) is 32.9 Å². The van der Waals surface area contributed by atoms with Gasteiger partial charge in [0.25, 0.3) is 0 Å². The minimum Gasteiger partial charge on any atom is -0.462 e. The maximum Gasteiger partial charge on any atom is 0.343 e. The first-order valence-electron chi connectivity index (χ1n) is 8.33. The van der Waals surface area contributed by atoms with Gasteiger partial charge in [0.15, 0.2) is 10.9 Å². The Balaban J connectivity index is 2.18. The van der Waals surface area contributed by atoms with Gasteiger partial charge in [-0.3, -0.25) is 4.79 Å². The van der Waals surface area contributed by atoms with E-state index in [0.29, 0.717) is 10.7 Å². The minimum atomic E-state index is -0.559. The molecule has 1 aromatic heterocycles. The molecule has 0 aliphatic heterocycles. The Bertz CT molecular complexity index is 852. The van der Waals surface area contributed by atoms with Crippen LogP contribution in [0.1, 0.15) is 51.3 Å². The Morgan fingerprint density at radius 2 is 1.81 bits per heavy atom. The molecule has 0 saturated carbocycles. The largest absolute Gasteiger partial charge is 0.462 e. The van der Waals surface area contributed by atoms with Crippen LogP contribution >= 0.6 is 11.8 Å². The lowest BCUT2D eigenvalue weighted by Crippen LogP contribution is -2.16. The van der Waals surface area contributed by atoms with Gasteiger partial charge in [-0.2, -0.15) is 0 Å². The first kappa shape index (κ1) is 19.9. The fraction of sp³-hybridized carbons (Fsp3) is 0.368. The van der Waals surface area contributed by atoms with Gasteiger partial charge in [0.05, 0.1) is 11.9 Å². The van der Waals surface area contributed by atoms with Crippen LogP contribution in [0.4, 0.5) is 5.82 Å². The second-order valence-electron chi connectivity index (χ2n) is 6.05. The van der Waals surface area contributed by atoms with Crippen molar-refractivity contribution in [2.75, 3.05) is 12.3 Å². The number of nitrogen functional groups attached to an aromatic ring is 1. The summed E-state index contributed by atoms with van der Waals surface area (Å²) in [5, 5.41) is -0.0402. The molecule has 26 heavy (non-hydrogen) atoms. The molecule has 1 atom stereocenters. The number of Topliss-reactive ketones (excluding diaryl/α,β-unsaturated/α-hetero) is 1. The van der Waals surface area contributed by atoms with Crippen molar-refractivity contribution in [2.45, 2.75) is 45.0 Å². The number of anilines is 1. The van der Waals surface area contributed by atoms with Crippen molar-refractivity contribution in [1.82, 2.24) is 9.97 Å². The van der Waals surface area contributed by atoms with Crippen molar-refractivity contribution in [3.63, 3.8) is 0 Å². The fourth-order valence-corrected chi connectivity index (χ4v) is 3.27. The number of ether oxygens (including phenoxy) is 1. The molecule has 0 aliphatic carbocycles. The summed E-state index contributed by atoms with van der Waals surface area (Å²) in [5.74, 6) is -0.508. The van der Waals surface area contributed by atoms with Gasteiger partial charge < -0.3 is 10.5 Å². The van der Waals surface area contributed by atoms with E-state index in [-0.39, 0.29) is 29.0 Å². The molecule has 138 valence electrons. The summed E-state index contributed by atoms with van der Waals surface area (Å²) in [7, 11) is 0. The first-order valence-corrected chi connectivity index (χ1v) is 9.20. The summed E-state index contributed by atoms with van der Waals surface area (Å²) in [6, 6.07) is 3.94. The second kappa shape index (κ2) is 8.31. The Morgan fingerprint density at radius 3 is 2.42 bits per heavy atom. The topological polar surface area (TPSA) is 95.2 Å². The van der Waals surface area contributed by atoms with Crippen molar-refractivity contribution in [3.05, 3.63) is 46.1 Å². The average Bonchev–Trinajstić information content (AvgIpc) is 2.57. The highest BCUT2D eigenvalue weighted by Crippen LogP contribution is 2.26. The predicted molar refractivity (Wildman–Crippen MR) is 103 cm³/mol. The third kappa shape index (κ3) is 4.40. The Kier molecular flexibility index (Phi) is 6.37. The number of carbonyl (C=O) groups is 2. The quantitative estimate of drug-likeness (QED) is 0.358. The normalized spacial score (nSPS) is 11.9. The molecule has 1 heterocycles. The number of ketones is 1. The third-order valence-corrected chi connectivity index (χ3v) is 5.02. The van der Waals surface area contributed by atoms with Crippen LogP contribution < -0.4 is 5.73 Å². The number of rotatable bonds is 6. The molecule has 0 amide bonds. The molecule has 6 nitrogen and oxygen atoms in total. The molecule has 0 spiro atoms. The van der Waals surface area contributed by atoms with Crippen LogP contribution in [0.3, 0.4) is 0 Å². The molecule has 1 unspecified atom stereocenters. The van der Waals surface area contributed by atoms with Crippen LogP contribution in [0, 0.1) is 20.8 Å². The van der Waals surface area contributed by atoms with E-state index >= 15 is 0 Å². The lowest BCUT2D eigenvalue weighted by molar-refractivity contribution is 0.0526. The summed E-state index contributed by atoms with van der Waals surface area (Å²) in [4.78, 5) is 32.8. The summed E-state index contributed by atoms with van der Waals surface area (Å²) in [5.41, 5.74) is 9.83. The van der Waals surface area contributed by atoms with Gasteiger partial charge in [0, 0.05) is 11.8 Å². The number of hydrogen-bond donors (Lipinski definition) is 1. The van der Waals surface area contributed by atoms with E-state index in [0.717, 1.165) is 16.7 Å². The van der Waals surface area contributed by atoms with E-state index in [9.17, 15) is 9.59 Å². The lowest BCUT2D eigenvalue weighted by Gasteiger charge is -2.14. The maximum atomic E-state index is 12.8. The van der Waals surface area contributed by atoms with Crippen molar-refractivity contribution in [1.29, 1.82) is 0 Å². The summed E-state index contributed by atoms with van der Waals surface area (Å²) < 4.78 is 4.90. The molecule has 0 aliphatic rings. The third-order valence-electron chi connectivity index (χ3n) is 4.05. The van der Waals surface area contributed by atoms with Crippen molar-refractivity contribution < 1.29 is 14.3 Å². The first-order chi connectivity index (χ1) is 12.2. The minimum absolute atomic E-state index is 0.00670. The van der Waals surface area contributed by atoms with Crippen molar-refractivity contribution in [2.24, 2.45) is 0 Å². The van der Waals surface area contributed by atoms with Gasteiger partial charge >= 0.3 is 5.97 Å². The van der Waals surface area contributed by atoms with E-state index in [1.54, 1.807) is 13.8 Å². The predicted octanol–water partition coefficient (Wildman–Crippen LogP) is 3.52. The zero-order valence-electron chi connectivity index (χ0n) is 15.6. The van der Waals surface area contributed by atoms with Crippen LogP contribution in [0.15, 0.2) is 23.5 Å². The van der Waals surface area contributed by atoms with Crippen LogP contribution in [-0.4, -0.2) is 33.6 Å². The SMILES string of the molecule is CCOC(=O)c1cnc(SC(C)C(=O)c2cc(C)c(C)cc2C)nc1N. The van der Waals surface area contributed by atoms with Gasteiger partial charge in [-0.05, 0) is 57.4 Å². The number of thioether (sulfide) groups is 1. The molecule has 1 aromatic carbocycles. The molecule has 2 aromatic rings. The van der Waals surface area contributed by atoms with E-state index < -0.39 is 5.97 Å². The standard InChI is InChI=1S/C19H23N3O3S/c1-6-25-18(24)15-9-21-19(22-17(15)20)26-13(5)16(23)14-8-11(3)10(2)7-12(14)4/h7-9,13H,6H2,1-5H3,(H2,20,21,22). The molecule has 2 rings (SSSR count). The molecule has 0 saturated heterocycles. The number of benzene rings is 1. The average molecular weight is 373 g/mol. The molecule has 0 bridgehead atoms. The number of carbonyl (C=O) groups excluding carboxylic acids is 2. The summed E-state index contributed by atoms with van der Waals surface area (Å²) >= 11 is 1.21. The summed E-state index contributed by atoms with van der Waals surface area (Å²) in [6.45, 7) is 9.70. The van der Waals surface area contributed by atoms with Gasteiger partial charge in [0.2, 0.25) is 0 Å². The van der Waals surface area contributed by atoms with Crippen LogP contribution in [0.2, 0.25) is 0 Å². The van der Waals surface area contributed by atoms with Crippen molar-refractivity contribution >= 4 is 29.3 Å². The van der Waals surface area contributed by atoms with E-state index in [4.69, 9.17) is 10.5 Å². The Hall–Kier alpha value is -2.41. The number of aromatic nitrogens is 2. The number of nitrogens with zero attached hydrogens (tertiary/aromatic N) is 2. The Labute approximate surface area is 157 Å². The summed E-state index contributed by atoms with van der Waals surface area (Å²) in [6.07, 6.45) is 1.33. The zero-order valence-corrected chi connectivity index (χ0v) is 16.4. The zero-order chi connectivity index (χ0) is 19.4. The number of nitrogens with two attached hydrogens (primary N) is 1. The highest BCUT2D eigenvalue weighted by molar-refractivity contribution is 8.00. The smallest absolute Gasteiger partial charge is 0.343 e. The lowest BCUT2D eigenvalue weighted by atomic mass is 9.97.